The minimum Gasteiger partial charge on any atom is -0.365 e. The number of hydrogen-bond donors (Lipinski definition) is 1. The molecular formula is C15H13Cl2N3S. The zero-order chi connectivity index (χ0) is 15.0. The quantitative estimate of drug-likeness (QED) is 0.665. The first-order chi connectivity index (χ1) is 10.0. The van der Waals surface area contributed by atoms with Crippen LogP contribution >= 0.6 is 34.5 Å². The lowest BCUT2D eigenvalue weighted by Gasteiger charge is -2.08. The molecule has 1 N–H and O–H groups in total. The molecule has 3 nitrogen and oxygen atoms in total. The van der Waals surface area contributed by atoms with Crippen LogP contribution in [0.1, 0.15) is 16.0 Å². The second kappa shape index (κ2) is 5.79. The van der Waals surface area contributed by atoms with Crippen molar-refractivity contribution in [3.05, 3.63) is 50.6 Å². The van der Waals surface area contributed by atoms with Crippen molar-refractivity contribution in [1.29, 1.82) is 0 Å². The average Bonchev–Trinajstić information content (AvgIpc) is 2.73. The lowest BCUT2D eigenvalue weighted by Crippen LogP contribution is -2.03. The summed E-state index contributed by atoms with van der Waals surface area (Å²) in [6.45, 7) is 4.82. The zero-order valence-electron chi connectivity index (χ0n) is 11.6. The Kier molecular flexibility index (Phi) is 4.02. The van der Waals surface area contributed by atoms with Gasteiger partial charge >= 0.3 is 0 Å². The van der Waals surface area contributed by atoms with Crippen LogP contribution in [0.25, 0.3) is 10.2 Å². The number of thiophene rings is 1. The summed E-state index contributed by atoms with van der Waals surface area (Å²) >= 11 is 13.5. The second-order valence-corrected chi connectivity index (χ2v) is 6.76. The molecule has 108 valence electrons. The van der Waals surface area contributed by atoms with Crippen LogP contribution in [0.15, 0.2) is 24.3 Å². The van der Waals surface area contributed by atoms with Crippen molar-refractivity contribution in [2.24, 2.45) is 0 Å². The van der Waals surface area contributed by atoms with Gasteiger partial charge < -0.3 is 5.32 Å². The molecule has 0 saturated heterocycles. The number of nitrogens with zero attached hydrogens (tertiary/aromatic N) is 2. The van der Waals surface area contributed by atoms with Crippen molar-refractivity contribution in [3.63, 3.8) is 0 Å². The number of aromatic nitrogens is 2. The van der Waals surface area contributed by atoms with E-state index in [1.807, 2.05) is 24.3 Å². The Morgan fingerprint density at radius 3 is 2.52 bits per heavy atom. The van der Waals surface area contributed by atoms with Gasteiger partial charge in [-0.2, -0.15) is 0 Å². The fourth-order valence-corrected chi connectivity index (χ4v) is 3.51. The Morgan fingerprint density at radius 2 is 1.81 bits per heavy atom. The minimum atomic E-state index is 0.266. The van der Waals surface area contributed by atoms with Crippen molar-refractivity contribution in [1.82, 2.24) is 9.97 Å². The fraction of sp³-hybridized carbons (Fsp3) is 0.200. The number of hydrogen-bond acceptors (Lipinski definition) is 4. The molecule has 0 saturated carbocycles. The zero-order valence-corrected chi connectivity index (χ0v) is 13.9. The predicted octanol–water partition coefficient (Wildman–Crippen LogP) is 5.23. The average molecular weight is 338 g/mol. The molecule has 0 aliphatic heterocycles. The summed E-state index contributed by atoms with van der Waals surface area (Å²) in [6, 6.07) is 7.73. The molecule has 0 atom stereocenters. The molecule has 3 rings (SSSR count). The van der Waals surface area contributed by atoms with Crippen LogP contribution in [-0.2, 0) is 6.54 Å². The number of aryl methyl sites for hydroxylation is 2. The van der Waals surface area contributed by atoms with Crippen LogP contribution in [0.2, 0.25) is 10.3 Å². The molecule has 0 aliphatic rings. The van der Waals surface area contributed by atoms with Crippen LogP contribution in [0.5, 0.6) is 0 Å². The number of fused-ring (bicyclic) bond motifs is 1. The highest BCUT2D eigenvalue weighted by Gasteiger charge is 2.13. The van der Waals surface area contributed by atoms with Crippen LogP contribution in [0.4, 0.5) is 5.82 Å². The van der Waals surface area contributed by atoms with Gasteiger partial charge in [-0.05, 0) is 48.7 Å². The topological polar surface area (TPSA) is 37.8 Å². The summed E-state index contributed by atoms with van der Waals surface area (Å²) in [6.07, 6.45) is 0. The summed E-state index contributed by atoms with van der Waals surface area (Å²) in [4.78, 5) is 10.8. The maximum absolute atomic E-state index is 6.01. The van der Waals surface area contributed by atoms with E-state index in [-0.39, 0.29) is 5.28 Å². The Balaban J connectivity index is 1.94. The first kappa shape index (κ1) is 14.6. The first-order valence-corrected chi connectivity index (χ1v) is 8.03. The Bertz CT molecular complexity index is 797. The van der Waals surface area contributed by atoms with Crippen molar-refractivity contribution in [2.45, 2.75) is 20.4 Å². The lowest BCUT2D eigenvalue weighted by atomic mass is 10.2. The molecular weight excluding hydrogens is 325 g/mol. The number of halogens is 2. The van der Waals surface area contributed by atoms with Gasteiger partial charge in [-0.25, -0.2) is 9.97 Å². The SMILES string of the molecule is Cc1sc2nc(Cl)nc(NCc3ccc(Cl)cc3)c2c1C. The fourth-order valence-electron chi connectivity index (χ4n) is 2.14. The minimum absolute atomic E-state index is 0.266. The van der Waals surface area contributed by atoms with Crippen LogP contribution in [0.3, 0.4) is 0 Å². The van der Waals surface area contributed by atoms with Crippen LogP contribution in [0, 0.1) is 13.8 Å². The summed E-state index contributed by atoms with van der Waals surface area (Å²) < 4.78 is 0. The van der Waals surface area contributed by atoms with Crippen molar-refractivity contribution < 1.29 is 0 Å². The Morgan fingerprint density at radius 1 is 1.10 bits per heavy atom. The van der Waals surface area contributed by atoms with E-state index in [0.29, 0.717) is 6.54 Å². The van der Waals surface area contributed by atoms with E-state index < -0.39 is 0 Å². The van der Waals surface area contributed by atoms with Gasteiger partial charge in [0.05, 0.1) is 5.39 Å². The summed E-state index contributed by atoms with van der Waals surface area (Å²) in [5.41, 5.74) is 2.33. The highest BCUT2D eigenvalue weighted by atomic mass is 35.5. The van der Waals surface area contributed by atoms with E-state index in [0.717, 1.165) is 26.6 Å². The van der Waals surface area contributed by atoms with E-state index in [9.17, 15) is 0 Å². The molecule has 0 amide bonds. The molecule has 0 spiro atoms. The number of nitrogens with one attached hydrogen (secondary N) is 1. The summed E-state index contributed by atoms with van der Waals surface area (Å²) in [5, 5.41) is 5.40. The van der Waals surface area contributed by atoms with E-state index >= 15 is 0 Å². The molecule has 6 heteroatoms. The third-order valence-electron chi connectivity index (χ3n) is 3.37. The van der Waals surface area contributed by atoms with Crippen molar-refractivity contribution in [2.75, 3.05) is 5.32 Å². The first-order valence-electron chi connectivity index (χ1n) is 6.46. The van der Waals surface area contributed by atoms with Gasteiger partial charge in [0.2, 0.25) is 5.28 Å². The Labute approximate surface area is 137 Å². The molecule has 0 fully saturated rings. The number of anilines is 1. The molecule has 2 heterocycles. The third kappa shape index (κ3) is 2.98. The third-order valence-corrected chi connectivity index (χ3v) is 4.90. The van der Waals surface area contributed by atoms with E-state index in [4.69, 9.17) is 23.2 Å². The smallest absolute Gasteiger partial charge is 0.225 e. The van der Waals surface area contributed by atoms with Crippen molar-refractivity contribution in [3.8, 4) is 0 Å². The normalized spacial score (nSPS) is 11.0. The molecule has 1 aromatic carbocycles. The van der Waals surface area contributed by atoms with Gasteiger partial charge in [0.25, 0.3) is 0 Å². The van der Waals surface area contributed by atoms with E-state index in [1.54, 1.807) is 11.3 Å². The molecule has 0 unspecified atom stereocenters. The van der Waals surface area contributed by atoms with E-state index in [1.165, 1.54) is 10.4 Å². The van der Waals surface area contributed by atoms with E-state index in [2.05, 4.69) is 29.1 Å². The van der Waals surface area contributed by atoms with Gasteiger partial charge in [0, 0.05) is 16.4 Å². The highest BCUT2D eigenvalue weighted by Crippen LogP contribution is 2.34. The maximum Gasteiger partial charge on any atom is 0.225 e. The van der Waals surface area contributed by atoms with Gasteiger partial charge in [-0.15, -0.1) is 11.3 Å². The summed E-state index contributed by atoms with van der Waals surface area (Å²) in [7, 11) is 0. The standard InChI is InChI=1S/C15H13Cl2N3S/c1-8-9(2)21-14-12(8)13(19-15(17)20-14)18-7-10-3-5-11(16)6-4-10/h3-6H,7H2,1-2H3,(H,18,19,20). The Hall–Kier alpha value is -1.36. The molecule has 3 aromatic rings. The second-order valence-electron chi connectivity index (χ2n) is 4.78. The lowest BCUT2D eigenvalue weighted by molar-refractivity contribution is 1.10. The maximum atomic E-state index is 6.01. The largest absolute Gasteiger partial charge is 0.365 e. The van der Waals surface area contributed by atoms with Gasteiger partial charge in [0.1, 0.15) is 10.6 Å². The monoisotopic (exact) mass is 337 g/mol. The molecule has 0 bridgehead atoms. The molecule has 2 aromatic heterocycles. The van der Waals surface area contributed by atoms with Gasteiger partial charge in [-0.3, -0.25) is 0 Å². The number of rotatable bonds is 3. The highest BCUT2D eigenvalue weighted by molar-refractivity contribution is 7.18. The predicted molar refractivity (Wildman–Crippen MR) is 90.7 cm³/mol. The molecule has 0 aliphatic carbocycles. The molecule has 21 heavy (non-hydrogen) atoms. The van der Waals surface area contributed by atoms with Crippen LogP contribution < -0.4 is 5.32 Å². The van der Waals surface area contributed by atoms with Gasteiger partial charge in [-0.1, -0.05) is 23.7 Å². The van der Waals surface area contributed by atoms with Gasteiger partial charge in [0.15, 0.2) is 0 Å². The molecule has 0 radical (unpaired) electrons. The van der Waals surface area contributed by atoms with Crippen LogP contribution in [-0.4, -0.2) is 9.97 Å². The summed E-state index contributed by atoms with van der Waals surface area (Å²) in [5.74, 6) is 0.779. The number of benzene rings is 1. The van der Waals surface area contributed by atoms with Crippen molar-refractivity contribution >= 4 is 50.6 Å².